The number of azo groups is 1. The molecule has 45 heavy (non-hydrogen) atoms. The number of pyridine rings is 1. The van der Waals surface area contributed by atoms with E-state index in [9.17, 15) is 14.3 Å². The molecule has 0 spiro atoms. The number of amides is 1. The first-order valence-electron chi connectivity index (χ1n) is 14.5. The van der Waals surface area contributed by atoms with Crippen molar-refractivity contribution in [1.82, 2.24) is 9.88 Å². The second-order valence-corrected chi connectivity index (χ2v) is 11.3. The van der Waals surface area contributed by atoms with Gasteiger partial charge in [0.2, 0.25) is 0 Å². The summed E-state index contributed by atoms with van der Waals surface area (Å²) in [6.07, 6.45) is 3.97. The minimum Gasteiger partial charge on any atom is -0.507 e. The number of hydrogen-bond acceptors (Lipinski definition) is 10. The fourth-order valence-corrected chi connectivity index (χ4v) is 5.66. The third kappa shape index (κ3) is 8.43. The summed E-state index contributed by atoms with van der Waals surface area (Å²) in [6.45, 7) is 3.87. The van der Waals surface area contributed by atoms with Crippen LogP contribution >= 0.6 is 12.0 Å². The molecule has 4 aromatic rings. The van der Waals surface area contributed by atoms with E-state index in [0.29, 0.717) is 53.7 Å². The highest BCUT2D eigenvalue weighted by atomic mass is 32.2. The maximum atomic E-state index is 13.4. The number of piperidine rings is 1. The maximum absolute atomic E-state index is 13.4. The Hall–Kier alpha value is -4.36. The van der Waals surface area contributed by atoms with Crippen LogP contribution in [-0.4, -0.2) is 45.9 Å². The van der Waals surface area contributed by atoms with E-state index in [2.05, 4.69) is 24.6 Å². The molecule has 1 aliphatic rings. The van der Waals surface area contributed by atoms with Crippen molar-refractivity contribution >= 4 is 23.8 Å². The number of phenols is 1. The van der Waals surface area contributed by atoms with Crippen molar-refractivity contribution in [3.63, 3.8) is 0 Å². The third-order valence-corrected chi connectivity index (χ3v) is 8.24. The Kier molecular flexibility index (Phi) is 11.1. The number of halogens is 1. The average Bonchev–Trinajstić information content (AvgIpc) is 3.07. The van der Waals surface area contributed by atoms with Gasteiger partial charge < -0.3 is 14.7 Å². The lowest BCUT2D eigenvalue weighted by atomic mass is 9.98. The van der Waals surface area contributed by atoms with Gasteiger partial charge >= 0.3 is 0 Å². The SMILES string of the molecule is CCc1cc(-c2ccc(F)cc2)c(O)cc1OCC1CCCN(C(=O)c2ccc(N=NCc3ccccc3SOOO)nc2)C1. The normalized spacial score (nSPS) is 15.0. The monoisotopic (exact) mass is 632 g/mol. The van der Waals surface area contributed by atoms with E-state index in [4.69, 9.17) is 9.99 Å². The van der Waals surface area contributed by atoms with Gasteiger partial charge in [0.25, 0.3) is 5.91 Å². The molecule has 1 amide bonds. The van der Waals surface area contributed by atoms with Gasteiger partial charge in [0, 0.05) is 41.7 Å². The molecule has 0 saturated carbocycles. The Labute approximate surface area is 264 Å². The number of aromatic hydroxyl groups is 1. The molecule has 1 saturated heterocycles. The highest BCUT2D eigenvalue weighted by molar-refractivity contribution is 7.94. The van der Waals surface area contributed by atoms with Crippen molar-refractivity contribution in [3.8, 4) is 22.6 Å². The Bertz CT molecular complexity index is 1620. The minimum absolute atomic E-state index is 0.0660. The molecule has 0 bridgehead atoms. The highest BCUT2D eigenvalue weighted by Crippen LogP contribution is 2.36. The van der Waals surface area contributed by atoms with Crippen molar-refractivity contribution < 1.29 is 33.7 Å². The van der Waals surface area contributed by atoms with Gasteiger partial charge in [-0.15, -0.1) is 9.45 Å². The van der Waals surface area contributed by atoms with Crippen LogP contribution in [0.3, 0.4) is 0 Å². The van der Waals surface area contributed by atoms with Crippen LogP contribution in [0.15, 0.2) is 94.1 Å². The van der Waals surface area contributed by atoms with E-state index in [1.807, 2.05) is 36.1 Å². The van der Waals surface area contributed by atoms with Crippen molar-refractivity contribution in [2.45, 2.75) is 37.6 Å². The lowest BCUT2D eigenvalue weighted by Crippen LogP contribution is -2.41. The van der Waals surface area contributed by atoms with Gasteiger partial charge in [0.1, 0.15) is 17.3 Å². The number of hydrogen-bond donors (Lipinski definition) is 2. The summed E-state index contributed by atoms with van der Waals surface area (Å²) in [5, 5.41) is 31.1. The molecule has 234 valence electrons. The second-order valence-electron chi connectivity index (χ2n) is 10.5. The zero-order valence-electron chi connectivity index (χ0n) is 24.6. The van der Waals surface area contributed by atoms with Crippen LogP contribution in [0.5, 0.6) is 11.5 Å². The molecular formula is C33H33FN4O6S. The van der Waals surface area contributed by atoms with Gasteiger partial charge in [-0.3, -0.25) is 4.79 Å². The summed E-state index contributed by atoms with van der Waals surface area (Å²) in [4.78, 5) is 20.1. The first-order valence-corrected chi connectivity index (χ1v) is 15.3. The molecule has 0 radical (unpaired) electrons. The number of carbonyl (C=O) groups excluding carboxylic acids is 1. The van der Waals surface area contributed by atoms with E-state index in [0.717, 1.165) is 41.6 Å². The number of rotatable bonds is 12. The molecule has 10 nitrogen and oxygen atoms in total. The molecule has 12 heteroatoms. The molecule has 1 fully saturated rings. The van der Waals surface area contributed by atoms with E-state index in [1.165, 1.54) is 18.3 Å². The Balaban J connectivity index is 1.16. The standard InChI is InChI=1S/C33H33FN4O6S/c1-2-23-16-28(24-9-12-27(34)13-10-24)29(39)17-30(23)42-21-22-6-5-15-38(20-22)33(40)26-11-14-32(35-18-26)37-36-19-25-7-3-4-8-31(25)45-44-43-41/h3-4,7-14,16-18,22,39,41H,2,5-6,15,19-21H2,1H3. The number of nitrogens with zero attached hydrogens (tertiary/aromatic N) is 4. The van der Waals surface area contributed by atoms with Crippen LogP contribution in [-0.2, 0) is 22.3 Å². The molecule has 5 rings (SSSR count). The number of aryl methyl sites for hydroxylation is 1. The topological polar surface area (TPSA) is 126 Å². The summed E-state index contributed by atoms with van der Waals surface area (Å²) in [5.41, 5.74) is 3.58. The van der Waals surface area contributed by atoms with Gasteiger partial charge in [-0.1, -0.05) is 42.3 Å². The number of aromatic nitrogens is 1. The summed E-state index contributed by atoms with van der Waals surface area (Å²) in [6, 6.07) is 20.2. The van der Waals surface area contributed by atoms with E-state index in [1.54, 1.807) is 36.4 Å². The van der Waals surface area contributed by atoms with Crippen LogP contribution in [0.25, 0.3) is 11.1 Å². The molecule has 1 unspecified atom stereocenters. The van der Waals surface area contributed by atoms with Crippen LogP contribution < -0.4 is 4.74 Å². The fourth-order valence-electron chi connectivity index (χ4n) is 5.18. The zero-order valence-corrected chi connectivity index (χ0v) is 25.5. The van der Waals surface area contributed by atoms with Crippen LogP contribution in [0, 0.1) is 11.7 Å². The Morgan fingerprint density at radius 3 is 2.69 bits per heavy atom. The maximum Gasteiger partial charge on any atom is 0.255 e. The Morgan fingerprint density at radius 1 is 1.11 bits per heavy atom. The predicted octanol–water partition coefficient (Wildman–Crippen LogP) is 7.80. The molecular weight excluding hydrogens is 599 g/mol. The lowest BCUT2D eigenvalue weighted by Gasteiger charge is -2.33. The molecule has 1 aliphatic heterocycles. The Morgan fingerprint density at radius 2 is 1.93 bits per heavy atom. The quantitative estimate of drug-likeness (QED) is 0.0701. The van der Waals surface area contributed by atoms with Crippen molar-refractivity contribution in [3.05, 3.63) is 102 Å². The number of ether oxygens (including phenoxy) is 1. The number of phenolic OH excluding ortho intramolecular Hbond substituents is 1. The number of likely N-dealkylation sites (tertiary alicyclic amines) is 1. The molecule has 1 aromatic heterocycles. The lowest BCUT2D eigenvalue weighted by molar-refractivity contribution is -0.432. The summed E-state index contributed by atoms with van der Waals surface area (Å²) >= 11 is 0.857. The zero-order chi connectivity index (χ0) is 31.6. The van der Waals surface area contributed by atoms with Gasteiger partial charge in [-0.25, -0.2) is 14.6 Å². The van der Waals surface area contributed by atoms with Gasteiger partial charge in [0.15, 0.2) is 5.82 Å². The van der Waals surface area contributed by atoms with Crippen molar-refractivity contribution in [2.24, 2.45) is 16.1 Å². The number of carbonyl (C=O) groups is 1. The van der Waals surface area contributed by atoms with Crippen molar-refractivity contribution in [2.75, 3.05) is 19.7 Å². The molecule has 2 heterocycles. The average molecular weight is 633 g/mol. The van der Waals surface area contributed by atoms with Gasteiger partial charge in [0.05, 0.1) is 30.8 Å². The predicted molar refractivity (Wildman–Crippen MR) is 167 cm³/mol. The first kappa shape index (κ1) is 32.0. The molecule has 1 atom stereocenters. The second kappa shape index (κ2) is 15.6. The molecule has 3 aromatic carbocycles. The van der Waals surface area contributed by atoms with Gasteiger partial charge in [-0.05, 0) is 72.4 Å². The van der Waals surface area contributed by atoms with E-state index in [-0.39, 0.29) is 29.9 Å². The van der Waals surface area contributed by atoms with E-state index >= 15 is 0 Å². The van der Waals surface area contributed by atoms with Crippen LogP contribution in [0.4, 0.5) is 10.2 Å². The van der Waals surface area contributed by atoms with E-state index < -0.39 is 0 Å². The summed E-state index contributed by atoms with van der Waals surface area (Å²) in [7, 11) is 0. The first-order chi connectivity index (χ1) is 21.9. The largest absolute Gasteiger partial charge is 0.507 e. The smallest absolute Gasteiger partial charge is 0.255 e. The summed E-state index contributed by atoms with van der Waals surface area (Å²) in [5.74, 6) is 0.730. The fraction of sp³-hybridized carbons (Fsp3) is 0.273. The molecule has 2 N–H and O–H groups in total. The highest BCUT2D eigenvalue weighted by Gasteiger charge is 2.26. The van der Waals surface area contributed by atoms with Gasteiger partial charge in [-0.2, -0.15) is 5.11 Å². The van der Waals surface area contributed by atoms with Crippen molar-refractivity contribution in [1.29, 1.82) is 0 Å². The minimum atomic E-state index is -0.332. The van der Waals surface area contributed by atoms with Crippen LogP contribution in [0.2, 0.25) is 0 Å². The third-order valence-electron chi connectivity index (χ3n) is 7.53. The molecule has 0 aliphatic carbocycles. The summed E-state index contributed by atoms with van der Waals surface area (Å²) < 4.78 is 24.1. The van der Waals surface area contributed by atoms with Crippen LogP contribution in [0.1, 0.15) is 41.3 Å². The number of benzene rings is 3.